The Labute approximate surface area is 178 Å². The first-order valence-electron chi connectivity index (χ1n) is 10.2. The monoisotopic (exact) mass is 409 g/mol. The predicted molar refractivity (Wildman–Crippen MR) is 121 cm³/mol. The van der Waals surface area contributed by atoms with Crippen molar-refractivity contribution in [3.05, 3.63) is 53.1 Å². The Kier molecular flexibility index (Phi) is 6.34. The first-order chi connectivity index (χ1) is 14.2. The highest BCUT2D eigenvalue weighted by atomic mass is 16.5. The maximum Gasteiger partial charge on any atom is 0.277 e. The lowest BCUT2D eigenvalue weighted by Crippen LogP contribution is -2.45. The summed E-state index contributed by atoms with van der Waals surface area (Å²) >= 11 is 0. The van der Waals surface area contributed by atoms with Crippen LogP contribution in [-0.2, 0) is 4.79 Å². The molecule has 1 heterocycles. The molecule has 0 spiro atoms. The van der Waals surface area contributed by atoms with Gasteiger partial charge in [0, 0.05) is 18.3 Å². The molecule has 0 aliphatic carbocycles. The van der Waals surface area contributed by atoms with Gasteiger partial charge in [-0.05, 0) is 86.2 Å². The molecule has 1 aliphatic heterocycles. The second-order valence-electron chi connectivity index (χ2n) is 8.50. The van der Waals surface area contributed by atoms with E-state index in [1.54, 1.807) is 37.6 Å². The van der Waals surface area contributed by atoms with Gasteiger partial charge in [0.15, 0.2) is 6.61 Å². The van der Waals surface area contributed by atoms with E-state index in [0.717, 1.165) is 23.3 Å². The fourth-order valence-electron chi connectivity index (χ4n) is 3.90. The highest BCUT2D eigenvalue weighted by Gasteiger charge is 2.34. The van der Waals surface area contributed by atoms with Gasteiger partial charge in [0.25, 0.3) is 5.91 Å². The first kappa shape index (κ1) is 21.7. The van der Waals surface area contributed by atoms with Crippen molar-refractivity contribution in [1.29, 1.82) is 0 Å². The van der Waals surface area contributed by atoms with Gasteiger partial charge in [-0.1, -0.05) is 6.92 Å². The number of anilines is 1. The molecule has 1 amide bonds. The maximum atomic E-state index is 12.0. The van der Waals surface area contributed by atoms with Crippen LogP contribution < -0.4 is 19.8 Å². The SMILES string of the molecule is COc1ccc(OCC(=O)N/N=C/c2cc3c(cc2C)N(C)C(C)(C)C[C@H]3C)cc1. The highest BCUT2D eigenvalue weighted by molar-refractivity contribution is 5.86. The number of carbonyl (C=O) groups excluding carboxylic acids is 1. The quantitative estimate of drug-likeness (QED) is 0.572. The number of amides is 1. The van der Waals surface area contributed by atoms with Crippen molar-refractivity contribution < 1.29 is 14.3 Å². The zero-order valence-electron chi connectivity index (χ0n) is 18.7. The highest BCUT2D eigenvalue weighted by Crippen LogP contribution is 2.43. The topological polar surface area (TPSA) is 63.2 Å². The molecule has 3 rings (SSSR count). The lowest BCUT2D eigenvalue weighted by Gasteiger charge is -2.45. The number of nitrogens with zero attached hydrogens (tertiary/aromatic N) is 2. The summed E-state index contributed by atoms with van der Waals surface area (Å²) in [6, 6.07) is 11.5. The molecule has 6 heteroatoms. The predicted octanol–water partition coefficient (Wildman–Crippen LogP) is 4.25. The summed E-state index contributed by atoms with van der Waals surface area (Å²) in [6.07, 6.45) is 2.79. The Hall–Kier alpha value is -3.02. The molecule has 1 aliphatic rings. The summed E-state index contributed by atoms with van der Waals surface area (Å²) in [7, 11) is 3.76. The molecule has 30 heavy (non-hydrogen) atoms. The minimum absolute atomic E-state index is 0.107. The second kappa shape index (κ2) is 8.78. The summed E-state index contributed by atoms with van der Waals surface area (Å²) in [5, 5.41) is 4.13. The maximum absolute atomic E-state index is 12.0. The van der Waals surface area contributed by atoms with Gasteiger partial charge in [0.2, 0.25) is 0 Å². The molecular weight excluding hydrogens is 378 g/mol. The number of ether oxygens (including phenoxy) is 2. The standard InChI is InChI=1S/C24H31N3O3/c1-16-11-22-21(17(2)13-24(3,4)27(22)5)12-18(16)14-25-26-23(28)15-30-20-9-7-19(29-6)8-10-20/h7-12,14,17H,13,15H2,1-6H3,(H,26,28)/b25-14+/t17-/m1/s1. The minimum Gasteiger partial charge on any atom is -0.497 e. The van der Waals surface area contributed by atoms with Crippen LogP contribution in [0, 0.1) is 6.92 Å². The largest absolute Gasteiger partial charge is 0.497 e. The van der Waals surface area contributed by atoms with E-state index >= 15 is 0 Å². The lowest BCUT2D eigenvalue weighted by molar-refractivity contribution is -0.123. The van der Waals surface area contributed by atoms with Gasteiger partial charge >= 0.3 is 0 Å². The van der Waals surface area contributed by atoms with Crippen molar-refractivity contribution in [2.24, 2.45) is 5.10 Å². The number of aryl methyl sites for hydroxylation is 1. The molecule has 0 aromatic heterocycles. The molecule has 1 N–H and O–H groups in total. The van der Waals surface area contributed by atoms with Crippen LogP contribution in [0.25, 0.3) is 0 Å². The van der Waals surface area contributed by atoms with Crippen molar-refractivity contribution in [2.75, 3.05) is 25.7 Å². The van der Waals surface area contributed by atoms with Crippen molar-refractivity contribution in [3.8, 4) is 11.5 Å². The Morgan fingerprint density at radius 3 is 2.60 bits per heavy atom. The van der Waals surface area contributed by atoms with Crippen LogP contribution in [0.3, 0.4) is 0 Å². The zero-order chi connectivity index (χ0) is 21.9. The van der Waals surface area contributed by atoms with Crippen LogP contribution in [0.1, 0.15) is 49.8 Å². The number of hydrazone groups is 1. The molecule has 160 valence electrons. The molecule has 0 fully saturated rings. The molecule has 0 bridgehead atoms. The van der Waals surface area contributed by atoms with E-state index in [1.165, 1.54) is 11.3 Å². The molecule has 2 aromatic carbocycles. The van der Waals surface area contributed by atoms with Gasteiger partial charge in [0.1, 0.15) is 11.5 Å². The molecule has 6 nitrogen and oxygen atoms in total. The van der Waals surface area contributed by atoms with E-state index in [4.69, 9.17) is 9.47 Å². The van der Waals surface area contributed by atoms with Crippen molar-refractivity contribution >= 4 is 17.8 Å². The minimum atomic E-state index is -0.312. The second-order valence-corrected chi connectivity index (χ2v) is 8.50. The zero-order valence-corrected chi connectivity index (χ0v) is 18.7. The third-order valence-corrected chi connectivity index (χ3v) is 5.84. The average molecular weight is 410 g/mol. The van der Waals surface area contributed by atoms with Crippen LogP contribution in [0.2, 0.25) is 0 Å². The van der Waals surface area contributed by atoms with Crippen LogP contribution in [0.4, 0.5) is 5.69 Å². The lowest BCUT2D eigenvalue weighted by atomic mass is 9.79. The molecule has 2 aromatic rings. The van der Waals surface area contributed by atoms with E-state index in [2.05, 4.69) is 62.3 Å². The van der Waals surface area contributed by atoms with Gasteiger partial charge in [0.05, 0.1) is 13.3 Å². The summed E-state index contributed by atoms with van der Waals surface area (Å²) in [5.41, 5.74) is 7.38. The number of rotatable bonds is 6. The summed E-state index contributed by atoms with van der Waals surface area (Å²) in [4.78, 5) is 14.4. The van der Waals surface area contributed by atoms with E-state index in [1.807, 2.05) is 0 Å². The number of carbonyl (C=O) groups is 1. The van der Waals surface area contributed by atoms with Gasteiger partial charge in [-0.3, -0.25) is 4.79 Å². The Balaban J connectivity index is 1.62. The van der Waals surface area contributed by atoms with Gasteiger partial charge in [-0.15, -0.1) is 0 Å². The van der Waals surface area contributed by atoms with Crippen molar-refractivity contribution in [2.45, 2.75) is 45.6 Å². The Bertz CT molecular complexity index is 935. The molecule has 0 unspecified atom stereocenters. The number of methoxy groups -OCH3 is 1. The summed E-state index contributed by atoms with van der Waals surface area (Å²) < 4.78 is 10.6. The Morgan fingerprint density at radius 1 is 1.27 bits per heavy atom. The molecule has 0 saturated heterocycles. The number of nitrogens with one attached hydrogen (secondary N) is 1. The third-order valence-electron chi connectivity index (χ3n) is 5.84. The first-order valence-corrected chi connectivity index (χ1v) is 10.2. The van der Waals surface area contributed by atoms with Crippen molar-refractivity contribution in [3.63, 3.8) is 0 Å². The smallest absolute Gasteiger partial charge is 0.277 e. The number of fused-ring (bicyclic) bond motifs is 1. The molecule has 1 atom stereocenters. The van der Waals surface area contributed by atoms with Crippen LogP contribution >= 0.6 is 0 Å². The third kappa shape index (κ3) is 4.75. The van der Waals surface area contributed by atoms with E-state index < -0.39 is 0 Å². The van der Waals surface area contributed by atoms with Crippen LogP contribution in [-0.4, -0.2) is 38.4 Å². The van der Waals surface area contributed by atoms with E-state index in [-0.39, 0.29) is 18.1 Å². The number of hydrogen-bond acceptors (Lipinski definition) is 5. The summed E-state index contributed by atoms with van der Waals surface area (Å²) in [5.74, 6) is 1.49. The van der Waals surface area contributed by atoms with E-state index in [0.29, 0.717) is 11.7 Å². The Morgan fingerprint density at radius 2 is 1.93 bits per heavy atom. The molecule has 0 saturated carbocycles. The van der Waals surface area contributed by atoms with Gasteiger partial charge in [-0.25, -0.2) is 5.43 Å². The van der Waals surface area contributed by atoms with Crippen LogP contribution in [0.15, 0.2) is 41.5 Å². The van der Waals surface area contributed by atoms with Gasteiger partial charge < -0.3 is 14.4 Å². The fraction of sp³-hybridized carbons (Fsp3) is 0.417. The number of hydrogen-bond donors (Lipinski definition) is 1. The molecule has 0 radical (unpaired) electrons. The normalized spacial score (nSPS) is 17.5. The van der Waals surface area contributed by atoms with Crippen LogP contribution in [0.5, 0.6) is 11.5 Å². The van der Waals surface area contributed by atoms with E-state index in [9.17, 15) is 4.79 Å². The molecular formula is C24H31N3O3. The fourth-order valence-corrected chi connectivity index (χ4v) is 3.90. The van der Waals surface area contributed by atoms with Crippen molar-refractivity contribution in [1.82, 2.24) is 5.43 Å². The number of benzene rings is 2. The summed E-state index contributed by atoms with van der Waals surface area (Å²) in [6.45, 7) is 8.78. The average Bonchev–Trinajstić information content (AvgIpc) is 2.71. The van der Waals surface area contributed by atoms with Gasteiger partial charge in [-0.2, -0.15) is 5.10 Å².